The molecule has 1 aromatic rings. The molecule has 0 saturated heterocycles. The molecule has 0 radical (unpaired) electrons. The molecule has 0 aliphatic heterocycles. The van der Waals surface area contributed by atoms with Crippen LogP contribution in [0.4, 0.5) is 13.2 Å². The minimum atomic E-state index is -4.81. The Kier molecular flexibility index (Phi) is 7.31. The number of methoxy groups -OCH3 is 2. The van der Waals surface area contributed by atoms with Crippen LogP contribution in [0.2, 0.25) is 0 Å². The smallest absolute Gasteiger partial charge is 0.496 e. The molecule has 21 heavy (non-hydrogen) atoms. The quantitative estimate of drug-likeness (QED) is 0.841. The van der Waals surface area contributed by atoms with Gasteiger partial charge in [-0.1, -0.05) is 0 Å². The van der Waals surface area contributed by atoms with Gasteiger partial charge in [0.1, 0.15) is 11.5 Å². The predicted molar refractivity (Wildman–Crippen MR) is 70.5 cm³/mol. The average Bonchev–Trinajstić information content (AvgIpc) is 2.36. The van der Waals surface area contributed by atoms with Gasteiger partial charge in [-0.3, -0.25) is 4.79 Å². The summed E-state index contributed by atoms with van der Waals surface area (Å²) in [7, 11) is 2.53. The third kappa shape index (κ3) is 6.09. The standard InChI is InChI=1S/C12H14F3NO4.ClH/c1-18-10-4-3-7(20-12(13,14)15)5-8(10)9(16)6-11(17)19-2;/h3-5,9H,6,16H2,1-2H3;1H/t9-;/m0./s1. The number of rotatable bonds is 5. The van der Waals surface area contributed by atoms with Crippen molar-refractivity contribution < 1.29 is 32.2 Å². The van der Waals surface area contributed by atoms with Crippen LogP contribution in [0.25, 0.3) is 0 Å². The summed E-state index contributed by atoms with van der Waals surface area (Å²) in [6.07, 6.45) is -5.00. The summed E-state index contributed by atoms with van der Waals surface area (Å²) < 4.78 is 49.7. The van der Waals surface area contributed by atoms with E-state index in [0.717, 1.165) is 12.1 Å². The van der Waals surface area contributed by atoms with Crippen LogP contribution in [0.15, 0.2) is 18.2 Å². The number of hydrogen-bond acceptors (Lipinski definition) is 5. The first-order valence-electron chi connectivity index (χ1n) is 5.53. The van der Waals surface area contributed by atoms with Crippen molar-refractivity contribution in [2.45, 2.75) is 18.8 Å². The van der Waals surface area contributed by atoms with Crippen LogP contribution < -0.4 is 15.2 Å². The summed E-state index contributed by atoms with van der Waals surface area (Å²) >= 11 is 0. The number of hydrogen-bond donors (Lipinski definition) is 1. The van der Waals surface area contributed by atoms with Crippen molar-refractivity contribution in [1.29, 1.82) is 0 Å². The Hall–Kier alpha value is -1.67. The van der Waals surface area contributed by atoms with Crippen LogP contribution in [-0.2, 0) is 9.53 Å². The first-order chi connectivity index (χ1) is 9.26. The first-order valence-corrected chi connectivity index (χ1v) is 5.53. The molecule has 5 nitrogen and oxygen atoms in total. The largest absolute Gasteiger partial charge is 0.573 e. The van der Waals surface area contributed by atoms with Crippen LogP contribution in [0.5, 0.6) is 11.5 Å². The summed E-state index contributed by atoms with van der Waals surface area (Å²) in [5, 5.41) is 0. The van der Waals surface area contributed by atoms with Crippen molar-refractivity contribution in [3.8, 4) is 11.5 Å². The fourth-order valence-electron chi connectivity index (χ4n) is 1.57. The highest BCUT2D eigenvalue weighted by molar-refractivity contribution is 5.85. The molecule has 120 valence electrons. The maximum Gasteiger partial charge on any atom is 0.573 e. The number of nitrogens with two attached hydrogens (primary N) is 1. The lowest BCUT2D eigenvalue weighted by atomic mass is 10.0. The van der Waals surface area contributed by atoms with Gasteiger partial charge in [0.15, 0.2) is 0 Å². The van der Waals surface area contributed by atoms with Crippen molar-refractivity contribution in [2.75, 3.05) is 14.2 Å². The molecule has 0 aliphatic carbocycles. The molecule has 1 rings (SSSR count). The molecular weight excluding hydrogens is 315 g/mol. The molecule has 0 aromatic heterocycles. The second kappa shape index (κ2) is 7.94. The number of carbonyl (C=O) groups excluding carboxylic acids is 1. The lowest BCUT2D eigenvalue weighted by Crippen LogP contribution is -2.19. The molecule has 0 unspecified atom stereocenters. The second-order valence-corrected chi connectivity index (χ2v) is 3.84. The van der Waals surface area contributed by atoms with Gasteiger partial charge in [-0.05, 0) is 18.2 Å². The average molecular weight is 330 g/mol. The SMILES string of the molecule is COC(=O)C[C@H](N)c1cc(OC(F)(F)F)ccc1OC.Cl. The van der Waals surface area contributed by atoms with E-state index in [1.54, 1.807) is 0 Å². The minimum Gasteiger partial charge on any atom is -0.496 e. The predicted octanol–water partition coefficient (Wildman–Crippen LogP) is 2.58. The Balaban J connectivity index is 0.00000400. The molecule has 0 amide bonds. The number of alkyl halides is 3. The lowest BCUT2D eigenvalue weighted by Gasteiger charge is -2.17. The summed E-state index contributed by atoms with van der Waals surface area (Å²) in [5.41, 5.74) is 5.98. The van der Waals surface area contributed by atoms with Crippen molar-refractivity contribution in [2.24, 2.45) is 5.73 Å². The second-order valence-electron chi connectivity index (χ2n) is 3.84. The molecule has 0 fully saturated rings. The number of halogens is 4. The molecule has 0 saturated carbocycles. The monoisotopic (exact) mass is 329 g/mol. The van der Waals surface area contributed by atoms with Crippen LogP contribution in [-0.4, -0.2) is 26.6 Å². The van der Waals surface area contributed by atoms with Crippen LogP contribution in [0.3, 0.4) is 0 Å². The summed E-state index contributed by atoms with van der Waals surface area (Å²) in [6.45, 7) is 0. The van der Waals surface area contributed by atoms with E-state index in [1.165, 1.54) is 20.3 Å². The third-order valence-electron chi connectivity index (χ3n) is 2.45. The third-order valence-corrected chi connectivity index (χ3v) is 2.45. The zero-order chi connectivity index (χ0) is 15.3. The van der Waals surface area contributed by atoms with E-state index in [2.05, 4.69) is 9.47 Å². The van der Waals surface area contributed by atoms with Gasteiger partial charge in [0, 0.05) is 11.6 Å². The molecule has 0 aliphatic rings. The summed E-state index contributed by atoms with van der Waals surface area (Å²) in [5.74, 6) is -0.758. The Bertz CT molecular complexity index is 482. The lowest BCUT2D eigenvalue weighted by molar-refractivity contribution is -0.274. The zero-order valence-electron chi connectivity index (χ0n) is 11.3. The highest BCUT2D eigenvalue weighted by atomic mass is 35.5. The van der Waals surface area contributed by atoms with Gasteiger partial charge < -0.3 is 19.9 Å². The molecule has 0 heterocycles. The fraction of sp³-hybridized carbons (Fsp3) is 0.417. The van der Waals surface area contributed by atoms with Crippen molar-refractivity contribution >= 4 is 18.4 Å². The van der Waals surface area contributed by atoms with Crippen LogP contribution in [0.1, 0.15) is 18.0 Å². The van der Waals surface area contributed by atoms with Crippen molar-refractivity contribution in [3.63, 3.8) is 0 Å². The van der Waals surface area contributed by atoms with E-state index in [0.29, 0.717) is 0 Å². The molecule has 2 N–H and O–H groups in total. The normalized spacial score (nSPS) is 12.1. The van der Waals surface area contributed by atoms with Gasteiger partial charge in [-0.15, -0.1) is 25.6 Å². The molecular formula is C12H15ClF3NO4. The maximum absolute atomic E-state index is 12.2. The summed E-state index contributed by atoms with van der Waals surface area (Å²) in [6, 6.07) is 2.60. The van der Waals surface area contributed by atoms with Crippen molar-refractivity contribution in [1.82, 2.24) is 0 Å². The number of ether oxygens (including phenoxy) is 3. The van der Waals surface area contributed by atoms with E-state index in [1.807, 2.05) is 0 Å². The maximum atomic E-state index is 12.2. The highest BCUT2D eigenvalue weighted by Crippen LogP contribution is 2.32. The van der Waals surface area contributed by atoms with E-state index >= 15 is 0 Å². The molecule has 9 heteroatoms. The van der Waals surface area contributed by atoms with Gasteiger partial charge in [0.25, 0.3) is 0 Å². The van der Waals surface area contributed by atoms with Crippen LogP contribution in [0, 0.1) is 0 Å². The zero-order valence-corrected chi connectivity index (χ0v) is 12.1. The van der Waals surface area contributed by atoms with E-state index in [4.69, 9.17) is 10.5 Å². The first kappa shape index (κ1) is 19.3. The molecule has 1 atom stereocenters. The molecule has 0 spiro atoms. The van der Waals surface area contributed by atoms with Gasteiger partial charge in [-0.2, -0.15) is 0 Å². The Morgan fingerprint density at radius 1 is 1.33 bits per heavy atom. The fourth-order valence-corrected chi connectivity index (χ4v) is 1.57. The van der Waals surface area contributed by atoms with Gasteiger partial charge in [-0.25, -0.2) is 0 Å². The number of benzene rings is 1. The molecule has 1 aromatic carbocycles. The van der Waals surface area contributed by atoms with E-state index in [-0.39, 0.29) is 30.1 Å². The minimum absolute atomic E-state index is 0. The van der Waals surface area contributed by atoms with E-state index in [9.17, 15) is 18.0 Å². The number of carbonyl (C=O) groups is 1. The Morgan fingerprint density at radius 3 is 2.43 bits per heavy atom. The van der Waals surface area contributed by atoms with Gasteiger partial charge in [0.2, 0.25) is 0 Å². The van der Waals surface area contributed by atoms with Gasteiger partial charge in [0.05, 0.1) is 20.6 Å². The highest BCUT2D eigenvalue weighted by Gasteiger charge is 2.31. The van der Waals surface area contributed by atoms with Crippen LogP contribution >= 0.6 is 12.4 Å². The topological polar surface area (TPSA) is 70.8 Å². The molecule has 0 bridgehead atoms. The van der Waals surface area contributed by atoms with Crippen molar-refractivity contribution in [3.05, 3.63) is 23.8 Å². The van der Waals surface area contributed by atoms with Gasteiger partial charge >= 0.3 is 12.3 Å². The Morgan fingerprint density at radius 2 is 1.95 bits per heavy atom. The number of esters is 1. The summed E-state index contributed by atoms with van der Waals surface area (Å²) in [4.78, 5) is 11.2. The Labute approximate surface area is 125 Å². The van der Waals surface area contributed by atoms with E-state index < -0.39 is 24.1 Å².